The molecule has 1 aliphatic rings. The van der Waals surface area contributed by atoms with Gasteiger partial charge in [-0.05, 0) is 12.0 Å². The van der Waals surface area contributed by atoms with Crippen molar-refractivity contribution in [1.29, 1.82) is 0 Å². The maximum absolute atomic E-state index is 11.6. The molecule has 3 atom stereocenters. The fraction of sp³-hybridized carbons (Fsp3) is 0.467. The molecule has 0 bridgehead atoms. The van der Waals surface area contributed by atoms with Gasteiger partial charge in [0.15, 0.2) is 0 Å². The van der Waals surface area contributed by atoms with E-state index in [0.29, 0.717) is 12.8 Å². The van der Waals surface area contributed by atoms with Gasteiger partial charge in [-0.3, -0.25) is 9.59 Å². The van der Waals surface area contributed by atoms with Crippen LogP contribution in [0.25, 0.3) is 0 Å². The van der Waals surface area contributed by atoms with Crippen molar-refractivity contribution in [1.82, 2.24) is 0 Å². The first kappa shape index (κ1) is 14.5. The summed E-state index contributed by atoms with van der Waals surface area (Å²) in [5.41, 5.74) is 0.792. The van der Waals surface area contributed by atoms with Crippen LogP contribution in [-0.4, -0.2) is 30.3 Å². The second-order valence-electron chi connectivity index (χ2n) is 4.93. The molecule has 1 fully saturated rings. The van der Waals surface area contributed by atoms with Crippen LogP contribution >= 0.6 is 0 Å². The van der Waals surface area contributed by atoms with Crippen molar-refractivity contribution >= 4 is 11.9 Å². The molecular formula is C15H18O5. The molecule has 1 heterocycles. The molecular weight excluding hydrogens is 260 g/mol. The molecule has 1 saturated heterocycles. The molecule has 2 rings (SSSR count). The number of cyclic esters (lactones) is 1. The molecule has 5 nitrogen and oxygen atoms in total. The lowest BCUT2D eigenvalue weighted by Crippen LogP contribution is -2.14. The number of methoxy groups -OCH3 is 1. The van der Waals surface area contributed by atoms with Crippen LogP contribution in [0.2, 0.25) is 0 Å². The Hall–Kier alpha value is -1.88. The molecule has 1 aliphatic heterocycles. The number of rotatable bonds is 5. The predicted octanol–water partition coefficient (Wildman–Crippen LogP) is 1.60. The molecule has 1 unspecified atom stereocenters. The molecule has 0 aromatic heterocycles. The number of aliphatic hydroxyl groups excluding tert-OH is 1. The molecule has 0 amide bonds. The van der Waals surface area contributed by atoms with Crippen molar-refractivity contribution in [3.63, 3.8) is 0 Å². The van der Waals surface area contributed by atoms with Gasteiger partial charge in [-0.2, -0.15) is 0 Å². The summed E-state index contributed by atoms with van der Waals surface area (Å²) in [6.45, 7) is 0. The maximum Gasteiger partial charge on any atom is 0.309 e. The summed E-state index contributed by atoms with van der Waals surface area (Å²) in [6, 6.07) is 9.22. The smallest absolute Gasteiger partial charge is 0.309 e. The van der Waals surface area contributed by atoms with Crippen molar-refractivity contribution in [2.24, 2.45) is 5.92 Å². The van der Waals surface area contributed by atoms with Gasteiger partial charge in [0, 0.05) is 6.42 Å². The summed E-state index contributed by atoms with van der Waals surface area (Å²) < 4.78 is 9.75. The number of carbonyl (C=O) groups excluding carboxylic acids is 2. The highest BCUT2D eigenvalue weighted by Gasteiger charge is 2.37. The van der Waals surface area contributed by atoms with E-state index in [-0.39, 0.29) is 18.5 Å². The summed E-state index contributed by atoms with van der Waals surface area (Å²) >= 11 is 0. The monoisotopic (exact) mass is 278 g/mol. The Morgan fingerprint density at radius 3 is 2.80 bits per heavy atom. The first-order valence-corrected chi connectivity index (χ1v) is 6.60. The highest BCUT2D eigenvalue weighted by Crippen LogP contribution is 2.30. The van der Waals surface area contributed by atoms with Gasteiger partial charge in [0.25, 0.3) is 0 Å². The topological polar surface area (TPSA) is 72.8 Å². The summed E-state index contributed by atoms with van der Waals surface area (Å²) in [5, 5.41) is 10.1. The lowest BCUT2D eigenvalue weighted by Gasteiger charge is -2.15. The molecule has 0 aliphatic carbocycles. The molecule has 0 spiro atoms. The third-order valence-electron chi connectivity index (χ3n) is 3.47. The molecule has 1 aromatic carbocycles. The molecule has 1 N–H and O–H groups in total. The number of ether oxygens (including phenoxy) is 2. The van der Waals surface area contributed by atoms with Crippen LogP contribution < -0.4 is 0 Å². The molecule has 0 radical (unpaired) electrons. The van der Waals surface area contributed by atoms with E-state index in [1.54, 1.807) is 0 Å². The number of aliphatic hydroxyl groups is 1. The third-order valence-corrected chi connectivity index (χ3v) is 3.47. The second-order valence-corrected chi connectivity index (χ2v) is 4.93. The van der Waals surface area contributed by atoms with Crippen molar-refractivity contribution in [3.8, 4) is 0 Å². The van der Waals surface area contributed by atoms with E-state index in [2.05, 4.69) is 4.74 Å². The lowest BCUT2D eigenvalue weighted by molar-refractivity contribution is -0.150. The summed E-state index contributed by atoms with van der Waals surface area (Å²) in [6.07, 6.45) is -0.211. The lowest BCUT2D eigenvalue weighted by atomic mass is 9.96. The van der Waals surface area contributed by atoms with Gasteiger partial charge in [0.1, 0.15) is 6.10 Å². The quantitative estimate of drug-likeness (QED) is 0.828. The Kier molecular flexibility index (Phi) is 4.74. The van der Waals surface area contributed by atoms with E-state index < -0.39 is 18.0 Å². The van der Waals surface area contributed by atoms with E-state index in [4.69, 9.17) is 4.74 Å². The van der Waals surface area contributed by atoms with Gasteiger partial charge in [-0.25, -0.2) is 0 Å². The van der Waals surface area contributed by atoms with Gasteiger partial charge >= 0.3 is 11.9 Å². The van der Waals surface area contributed by atoms with Crippen LogP contribution in [0, 0.1) is 5.92 Å². The number of benzene rings is 1. The van der Waals surface area contributed by atoms with Crippen molar-refractivity contribution in [2.75, 3.05) is 7.11 Å². The highest BCUT2D eigenvalue weighted by molar-refractivity contribution is 5.81. The van der Waals surface area contributed by atoms with Gasteiger partial charge in [-0.1, -0.05) is 30.3 Å². The zero-order valence-corrected chi connectivity index (χ0v) is 11.3. The highest BCUT2D eigenvalue weighted by atomic mass is 16.6. The predicted molar refractivity (Wildman–Crippen MR) is 70.6 cm³/mol. The fourth-order valence-electron chi connectivity index (χ4n) is 2.38. The molecule has 1 aromatic rings. The van der Waals surface area contributed by atoms with E-state index >= 15 is 0 Å². The number of carbonyl (C=O) groups is 2. The van der Waals surface area contributed by atoms with Crippen molar-refractivity contribution in [2.45, 2.75) is 31.5 Å². The molecule has 0 saturated carbocycles. The first-order valence-electron chi connectivity index (χ1n) is 6.60. The van der Waals surface area contributed by atoms with Gasteiger partial charge in [-0.15, -0.1) is 0 Å². The maximum atomic E-state index is 11.6. The second kappa shape index (κ2) is 6.52. The first-order chi connectivity index (χ1) is 9.60. The SMILES string of the molecule is COC(=O)CC1C[C@@H](C[C@H](O)c2ccccc2)OC1=O. The Morgan fingerprint density at radius 2 is 2.15 bits per heavy atom. The van der Waals surface area contributed by atoms with Crippen LogP contribution in [0.5, 0.6) is 0 Å². The van der Waals surface area contributed by atoms with Gasteiger partial charge < -0.3 is 14.6 Å². The van der Waals surface area contributed by atoms with Crippen LogP contribution in [0.15, 0.2) is 30.3 Å². The van der Waals surface area contributed by atoms with E-state index in [9.17, 15) is 14.7 Å². The summed E-state index contributed by atoms with van der Waals surface area (Å²) in [5.74, 6) is -1.27. The number of hydrogen-bond acceptors (Lipinski definition) is 5. The number of esters is 2. The van der Waals surface area contributed by atoms with E-state index in [0.717, 1.165) is 5.56 Å². The van der Waals surface area contributed by atoms with E-state index in [1.165, 1.54) is 7.11 Å². The van der Waals surface area contributed by atoms with E-state index in [1.807, 2.05) is 30.3 Å². The largest absolute Gasteiger partial charge is 0.469 e. The van der Waals surface area contributed by atoms with Crippen LogP contribution in [0.4, 0.5) is 0 Å². The fourth-order valence-corrected chi connectivity index (χ4v) is 2.38. The average Bonchev–Trinajstić information content (AvgIpc) is 2.79. The summed E-state index contributed by atoms with van der Waals surface area (Å²) in [4.78, 5) is 22.8. The minimum Gasteiger partial charge on any atom is -0.469 e. The Bertz CT molecular complexity index is 470. The Morgan fingerprint density at radius 1 is 1.45 bits per heavy atom. The van der Waals surface area contributed by atoms with Crippen LogP contribution in [0.1, 0.15) is 30.9 Å². The Balaban J connectivity index is 1.89. The normalized spacial score (nSPS) is 23.2. The molecule has 20 heavy (non-hydrogen) atoms. The zero-order chi connectivity index (χ0) is 14.5. The summed E-state index contributed by atoms with van der Waals surface area (Å²) in [7, 11) is 1.29. The van der Waals surface area contributed by atoms with Crippen LogP contribution in [-0.2, 0) is 19.1 Å². The molecule has 5 heteroatoms. The van der Waals surface area contributed by atoms with Crippen LogP contribution in [0.3, 0.4) is 0 Å². The van der Waals surface area contributed by atoms with Crippen molar-refractivity contribution < 1.29 is 24.2 Å². The van der Waals surface area contributed by atoms with Gasteiger partial charge in [0.05, 0.1) is 25.6 Å². The Labute approximate surface area is 117 Å². The van der Waals surface area contributed by atoms with Crippen molar-refractivity contribution in [3.05, 3.63) is 35.9 Å². The number of hydrogen-bond donors (Lipinski definition) is 1. The van der Waals surface area contributed by atoms with Gasteiger partial charge in [0.2, 0.25) is 0 Å². The minimum absolute atomic E-state index is 0.0350. The minimum atomic E-state index is -0.675. The third kappa shape index (κ3) is 3.57. The standard InChI is InChI=1S/C15H18O5/c1-19-14(17)8-11-7-12(20-15(11)18)9-13(16)10-5-3-2-4-6-10/h2-6,11-13,16H,7-9H2,1H3/t11?,12-,13-/m0/s1. The average molecular weight is 278 g/mol. The molecule has 108 valence electrons. The zero-order valence-electron chi connectivity index (χ0n) is 11.3.